The SMILES string of the molecule is Cc1cc(NC(=S)NC(=O)c2c(Cl)cccc2Cl)c(C)c(Cl)c1Oc1ccc(Br)cc1Br. The van der Waals surface area contributed by atoms with E-state index in [-0.39, 0.29) is 20.7 Å². The number of ether oxygens (including phenoxy) is 1. The zero-order valence-corrected chi connectivity index (χ0v) is 22.9. The molecule has 0 radical (unpaired) electrons. The molecule has 0 bridgehead atoms. The lowest BCUT2D eigenvalue weighted by atomic mass is 10.1. The van der Waals surface area contributed by atoms with E-state index in [4.69, 9.17) is 51.8 Å². The van der Waals surface area contributed by atoms with Gasteiger partial charge in [0, 0.05) is 10.2 Å². The Morgan fingerprint density at radius 1 is 1.03 bits per heavy atom. The molecule has 0 aliphatic rings. The van der Waals surface area contributed by atoms with Crippen LogP contribution in [0.2, 0.25) is 15.1 Å². The van der Waals surface area contributed by atoms with Crippen molar-refractivity contribution in [2.24, 2.45) is 0 Å². The molecule has 10 heteroatoms. The van der Waals surface area contributed by atoms with Gasteiger partial charge in [-0.25, -0.2) is 0 Å². The maximum absolute atomic E-state index is 12.6. The minimum atomic E-state index is -0.515. The molecule has 0 aliphatic heterocycles. The number of rotatable bonds is 4. The number of aryl methyl sites for hydroxylation is 1. The number of halogens is 5. The molecule has 0 aliphatic carbocycles. The molecule has 3 rings (SSSR count). The molecule has 32 heavy (non-hydrogen) atoms. The third kappa shape index (κ3) is 5.76. The smallest absolute Gasteiger partial charge is 0.260 e. The van der Waals surface area contributed by atoms with Gasteiger partial charge in [0.1, 0.15) is 11.5 Å². The van der Waals surface area contributed by atoms with Crippen LogP contribution >= 0.6 is 78.9 Å². The van der Waals surface area contributed by atoms with E-state index in [2.05, 4.69) is 42.5 Å². The number of hydrogen-bond acceptors (Lipinski definition) is 3. The summed E-state index contributed by atoms with van der Waals surface area (Å²) in [7, 11) is 0. The summed E-state index contributed by atoms with van der Waals surface area (Å²) in [4.78, 5) is 12.6. The molecule has 0 saturated carbocycles. The van der Waals surface area contributed by atoms with Crippen LogP contribution < -0.4 is 15.4 Å². The molecule has 0 spiro atoms. The van der Waals surface area contributed by atoms with Crippen LogP contribution in [0.25, 0.3) is 0 Å². The Morgan fingerprint density at radius 2 is 1.69 bits per heavy atom. The van der Waals surface area contributed by atoms with Gasteiger partial charge >= 0.3 is 0 Å². The van der Waals surface area contributed by atoms with E-state index >= 15 is 0 Å². The highest BCUT2D eigenvalue weighted by Gasteiger charge is 2.18. The van der Waals surface area contributed by atoms with Crippen molar-refractivity contribution >= 4 is 95.6 Å². The maximum Gasteiger partial charge on any atom is 0.260 e. The highest BCUT2D eigenvalue weighted by molar-refractivity contribution is 9.11. The van der Waals surface area contributed by atoms with Crippen molar-refractivity contribution in [3.05, 3.63) is 83.2 Å². The van der Waals surface area contributed by atoms with Gasteiger partial charge in [-0.3, -0.25) is 10.1 Å². The van der Waals surface area contributed by atoms with Crippen LogP contribution in [-0.4, -0.2) is 11.0 Å². The Kier molecular flexibility index (Phi) is 8.47. The first-order valence-corrected chi connectivity index (χ1v) is 12.2. The molecule has 0 unspecified atom stereocenters. The second kappa shape index (κ2) is 10.7. The largest absolute Gasteiger partial charge is 0.454 e. The summed E-state index contributed by atoms with van der Waals surface area (Å²) < 4.78 is 7.76. The van der Waals surface area contributed by atoms with E-state index < -0.39 is 5.91 Å². The monoisotopic (exact) mass is 634 g/mol. The number of thiocarbonyl (C=S) groups is 1. The number of carbonyl (C=O) groups excluding carboxylic acids is 1. The van der Waals surface area contributed by atoms with Crippen LogP contribution in [0.3, 0.4) is 0 Å². The summed E-state index contributed by atoms with van der Waals surface area (Å²) in [6.07, 6.45) is 0. The molecule has 0 saturated heterocycles. The molecule has 3 aromatic carbocycles. The fourth-order valence-corrected chi connectivity index (χ4v) is 5.00. The van der Waals surface area contributed by atoms with Crippen molar-refractivity contribution in [3.63, 3.8) is 0 Å². The normalized spacial score (nSPS) is 10.6. The molecule has 0 heterocycles. The highest BCUT2D eigenvalue weighted by atomic mass is 79.9. The Morgan fingerprint density at radius 3 is 2.31 bits per heavy atom. The van der Waals surface area contributed by atoms with Gasteiger partial charge in [0.15, 0.2) is 5.11 Å². The van der Waals surface area contributed by atoms with Gasteiger partial charge in [-0.05, 0) is 89.5 Å². The molecule has 2 N–H and O–H groups in total. The second-order valence-electron chi connectivity index (χ2n) is 6.69. The van der Waals surface area contributed by atoms with Crippen LogP contribution in [0.15, 0.2) is 51.4 Å². The standard InChI is InChI=1S/C22H15Br2Cl3N2O2S/c1-10-8-16(28-22(32)29-21(30)18-14(25)4-3-5-15(18)26)11(2)19(27)20(10)31-17-7-6-12(23)9-13(17)24/h3-9H,1-2H3,(H2,28,29,30,32). The summed E-state index contributed by atoms with van der Waals surface area (Å²) in [5.74, 6) is 0.631. The van der Waals surface area contributed by atoms with Crippen molar-refractivity contribution in [3.8, 4) is 11.5 Å². The Balaban J connectivity index is 1.80. The second-order valence-corrected chi connectivity index (χ2v) is 10.1. The minimum Gasteiger partial charge on any atom is -0.454 e. The molecule has 1 amide bonds. The van der Waals surface area contributed by atoms with Crippen LogP contribution in [0.1, 0.15) is 21.5 Å². The first kappa shape index (κ1) is 25.3. The van der Waals surface area contributed by atoms with Crippen LogP contribution in [0, 0.1) is 13.8 Å². The summed E-state index contributed by atoms with van der Waals surface area (Å²) in [6.45, 7) is 3.69. The molecule has 166 valence electrons. The molecular weight excluding hydrogens is 622 g/mol. The summed E-state index contributed by atoms with van der Waals surface area (Å²) >= 11 is 31.0. The van der Waals surface area contributed by atoms with Crippen LogP contribution in [0.5, 0.6) is 11.5 Å². The third-order valence-corrected chi connectivity index (χ3v) is 6.82. The van der Waals surface area contributed by atoms with Gasteiger partial charge in [-0.1, -0.05) is 56.8 Å². The highest BCUT2D eigenvalue weighted by Crippen LogP contribution is 2.41. The van der Waals surface area contributed by atoms with Gasteiger partial charge in [-0.2, -0.15) is 0 Å². The predicted molar refractivity (Wildman–Crippen MR) is 143 cm³/mol. The Bertz CT molecular complexity index is 1220. The van der Waals surface area contributed by atoms with E-state index in [0.717, 1.165) is 14.5 Å². The van der Waals surface area contributed by atoms with Gasteiger partial charge in [0.2, 0.25) is 0 Å². The van der Waals surface area contributed by atoms with Gasteiger partial charge in [0.05, 0.1) is 25.1 Å². The van der Waals surface area contributed by atoms with Gasteiger partial charge in [0.25, 0.3) is 5.91 Å². The Labute approximate surface area is 222 Å². The maximum atomic E-state index is 12.6. The number of benzene rings is 3. The zero-order chi connectivity index (χ0) is 23.6. The van der Waals surface area contributed by atoms with Crippen molar-refractivity contribution in [1.29, 1.82) is 0 Å². The third-order valence-electron chi connectivity index (χ3n) is 4.42. The quantitative estimate of drug-likeness (QED) is 0.281. The average Bonchev–Trinajstić information content (AvgIpc) is 2.70. The molecular formula is C22H15Br2Cl3N2O2S. The molecule has 3 aromatic rings. The number of anilines is 1. The van der Waals surface area contributed by atoms with Crippen LogP contribution in [-0.2, 0) is 0 Å². The number of hydrogen-bond donors (Lipinski definition) is 2. The van der Waals surface area contributed by atoms with Crippen molar-refractivity contribution in [1.82, 2.24) is 5.32 Å². The fourth-order valence-electron chi connectivity index (χ4n) is 2.81. The van der Waals surface area contributed by atoms with E-state index in [1.165, 1.54) is 0 Å². The van der Waals surface area contributed by atoms with Crippen LogP contribution in [0.4, 0.5) is 5.69 Å². The number of amides is 1. The minimum absolute atomic E-state index is 0.0777. The van der Waals surface area contributed by atoms with Gasteiger partial charge < -0.3 is 10.1 Å². The van der Waals surface area contributed by atoms with E-state index in [0.29, 0.717) is 27.8 Å². The van der Waals surface area contributed by atoms with Gasteiger partial charge in [-0.15, -0.1) is 0 Å². The lowest BCUT2D eigenvalue weighted by Crippen LogP contribution is -2.34. The Hall–Kier alpha value is -1.35. The fraction of sp³-hybridized carbons (Fsp3) is 0.0909. The topological polar surface area (TPSA) is 50.4 Å². The van der Waals surface area contributed by atoms with Crippen molar-refractivity contribution in [2.75, 3.05) is 5.32 Å². The molecule has 4 nitrogen and oxygen atoms in total. The average molecular weight is 638 g/mol. The number of carbonyl (C=O) groups is 1. The number of nitrogens with one attached hydrogen (secondary N) is 2. The van der Waals surface area contributed by atoms with E-state index in [1.54, 1.807) is 18.2 Å². The molecule has 0 aromatic heterocycles. The summed E-state index contributed by atoms with van der Waals surface area (Å²) in [5, 5.41) is 6.55. The van der Waals surface area contributed by atoms with E-state index in [1.807, 2.05) is 38.1 Å². The summed E-state index contributed by atoms with van der Waals surface area (Å²) in [6, 6.07) is 12.2. The van der Waals surface area contributed by atoms with Crippen molar-refractivity contribution in [2.45, 2.75) is 13.8 Å². The molecule has 0 fully saturated rings. The first-order valence-electron chi connectivity index (χ1n) is 9.07. The lowest BCUT2D eigenvalue weighted by Gasteiger charge is -2.18. The summed E-state index contributed by atoms with van der Waals surface area (Å²) in [5.41, 5.74) is 2.26. The lowest BCUT2D eigenvalue weighted by molar-refractivity contribution is 0.0978. The zero-order valence-electron chi connectivity index (χ0n) is 16.7. The first-order chi connectivity index (χ1) is 15.1. The molecule has 0 atom stereocenters. The predicted octanol–water partition coefficient (Wildman–Crippen LogP) is 8.71. The van der Waals surface area contributed by atoms with Crippen molar-refractivity contribution < 1.29 is 9.53 Å². The van der Waals surface area contributed by atoms with E-state index in [9.17, 15) is 4.79 Å².